The second kappa shape index (κ2) is 4.31. The van der Waals surface area contributed by atoms with E-state index < -0.39 is 0 Å². The number of aryl methyl sites for hydroxylation is 1. The number of nitrogens with two attached hydrogens (primary N) is 1. The molecule has 0 aliphatic heterocycles. The molecule has 0 atom stereocenters. The van der Waals surface area contributed by atoms with Gasteiger partial charge in [0.15, 0.2) is 0 Å². The van der Waals surface area contributed by atoms with E-state index in [1.54, 1.807) is 16.4 Å². The van der Waals surface area contributed by atoms with Crippen LogP contribution in [-0.2, 0) is 12.8 Å². The van der Waals surface area contributed by atoms with Crippen LogP contribution in [0.2, 0.25) is 0 Å². The summed E-state index contributed by atoms with van der Waals surface area (Å²) >= 11 is 1.59. The van der Waals surface area contributed by atoms with Crippen molar-refractivity contribution in [2.24, 2.45) is 7.05 Å². The highest BCUT2D eigenvalue weighted by atomic mass is 32.2. The zero-order valence-corrected chi connectivity index (χ0v) is 9.11. The molecule has 0 fully saturated rings. The van der Waals surface area contributed by atoms with E-state index >= 15 is 0 Å². The van der Waals surface area contributed by atoms with Gasteiger partial charge in [-0.2, -0.15) is 0 Å². The van der Waals surface area contributed by atoms with Crippen molar-refractivity contribution >= 4 is 17.4 Å². The molecule has 2 aromatic rings. The number of hydrogen-bond donors (Lipinski definition) is 1. The number of nitrogen functional groups attached to an aromatic ring is 1. The Kier molecular flexibility index (Phi) is 2.86. The van der Waals surface area contributed by atoms with Crippen LogP contribution < -0.4 is 5.73 Å². The van der Waals surface area contributed by atoms with E-state index in [0.717, 1.165) is 16.6 Å². The number of rotatable bonds is 3. The number of anilines is 1. The van der Waals surface area contributed by atoms with Crippen molar-refractivity contribution in [3.05, 3.63) is 29.8 Å². The van der Waals surface area contributed by atoms with Crippen molar-refractivity contribution < 1.29 is 0 Å². The van der Waals surface area contributed by atoms with Gasteiger partial charge in [0.05, 0.1) is 0 Å². The summed E-state index contributed by atoms with van der Waals surface area (Å²) < 4.78 is 1.65. The molecular weight excluding hydrogens is 210 g/mol. The van der Waals surface area contributed by atoms with Gasteiger partial charge >= 0.3 is 0 Å². The van der Waals surface area contributed by atoms with E-state index in [4.69, 9.17) is 5.73 Å². The highest BCUT2D eigenvalue weighted by molar-refractivity contribution is 7.98. The van der Waals surface area contributed by atoms with Crippen LogP contribution in [-0.4, -0.2) is 20.2 Å². The van der Waals surface area contributed by atoms with Crippen LogP contribution in [0.4, 0.5) is 5.69 Å². The second-order valence-electron chi connectivity index (χ2n) is 3.12. The summed E-state index contributed by atoms with van der Waals surface area (Å²) in [5.41, 5.74) is 7.63. The Hall–Kier alpha value is -1.56. The third-order valence-electron chi connectivity index (χ3n) is 1.90. The lowest BCUT2D eigenvalue weighted by Crippen LogP contribution is -1.93. The Labute approximate surface area is 91.7 Å². The monoisotopic (exact) mass is 221 g/mol. The van der Waals surface area contributed by atoms with Crippen LogP contribution >= 0.6 is 11.8 Å². The van der Waals surface area contributed by atoms with Gasteiger partial charge in [-0.3, -0.25) is 0 Å². The second-order valence-corrected chi connectivity index (χ2v) is 4.06. The first-order valence-electron chi connectivity index (χ1n) is 4.45. The van der Waals surface area contributed by atoms with E-state index in [0.29, 0.717) is 0 Å². The van der Waals surface area contributed by atoms with Gasteiger partial charge in [0.2, 0.25) is 5.16 Å². The minimum absolute atomic E-state index is 0.782. The van der Waals surface area contributed by atoms with E-state index in [1.165, 1.54) is 5.56 Å². The van der Waals surface area contributed by atoms with E-state index in [2.05, 4.69) is 15.5 Å². The van der Waals surface area contributed by atoms with Gasteiger partial charge in [-0.15, -0.1) is 5.10 Å². The van der Waals surface area contributed by atoms with Gasteiger partial charge in [0.1, 0.15) is 0 Å². The van der Waals surface area contributed by atoms with Crippen molar-refractivity contribution in [2.75, 3.05) is 5.73 Å². The lowest BCUT2D eigenvalue weighted by molar-refractivity contribution is 0.664. The van der Waals surface area contributed by atoms with E-state index in [1.807, 2.05) is 31.3 Å². The largest absolute Gasteiger partial charge is 0.399 e. The summed E-state index contributed by atoms with van der Waals surface area (Å²) in [6, 6.07) is 7.81. The van der Waals surface area contributed by atoms with Crippen molar-refractivity contribution in [3.63, 3.8) is 0 Å². The third-order valence-corrected chi connectivity index (χ3v) is 2.98. The number of benzene rings is 1. The van der Waals surface area contributed by atoms with Gasteiger partial charge in [0.25, 0.3) is 0 Å². The quantitative estimate of drug-likeness (QED) is 0.620. The molecule has 2 rings (SSSR count). The predicted molar refractivity (Wildman–Crippen MR) is 59.2 cm³/mol. The molecule has 0 radical (unpaired) electrons. The molecule has 1 aromatic heterocycles. The molecule has 0 aliphatic rings. The number of nitrogens with zero attached hydrogens (tertiary/aromatic N) is 4. The normalized spacial score (nSPS) is 10.5. The molecule has 0 saturated heterocycles. The average Bonchev–Trinajstić information content (AvgIpc) is 2.61. The summed E-state index contributed by atoms with van der Waals surface area (Å²) in [6.45, 7) is 0. The first kappa shape index (κ1) is 9.97. The van der Waals surface area contributed by atoms with Crippen LogP contribution in [0.1, 0.15) is 5.56 Å². The molecule has 0 saturated carbocycles. The SMILES string of the molecule is Cn1nnnc1SCc1cccc(N)c1. The molecule has 0 spiro atoms. The smallest absolute Gasteiger partial charge is 0.209 e. The summed E-state index contributed by atoms with van der Waals surface area (Å²) in [4.78, 5) is 0. The third kappa shape index (κ3) is 2.47. The van der Waals surface area contributed by atoms with Crippen molar-refractivity contribution in [1.82, 2.24) is 20.2 Å². The molecule has 78 valence electrons. The fourth-order valence-corrected chi connectivity index (χ4v) is 1.97. The van der Waals surface area contributed by atoms with Crippen molar-refractivity contribution in [2.45, 2.75) is 10.9 Å². The Morgan fingerprint density at radius 2 is 2.33 bits per heavy atom. The van der Waals surface area contributed by atoms with Crippen LogP contribution in [0.25, 0.3) is 0 Å². The van der Waals surface area contributed by atoms with Crippen LogP contribution in [0.15, 0.2) is 29.4 Å². The molecule has 1 aromatic carbocycles. The van der Waals surface area contributed by atoms with E-state index in [9.17, 15) is 0 Å². The number of thioether (sulfide) groups is 1. The summed E-state index contributed by atoms with van der Waals surface area (Å²) in [5, 5.41) is 12.0. The van der Waals surface area contributed by atoms with E-state index in [-0.39, 0.29) is 0 Å². The molecular formula is C9H11N5S. The number of aromatic nitrogens is 4. The minimum Gasteiger partial charge on any atom is -0.399 e. The predicted octanol–water partition coefficient (Wildman–Crippen LogP) is 1.08. The standard InChI is InChI=1S/C9H11N5S/c1-14-9(11-12-13-14)15-6-7-3-2-4-8(10)5-7/h2-5H,6,10H2,1H3. The lowest BCUT2D eigenvalue weighted by atomic mass is 10.2. The Bertz CT molecular complexity index is 453. The average molecular weight is 221 g/mol. The Morgan fingerprint density at radius 3 is 3.00 bits per heavy atom. The fourth-order valence-electron chi connectivity index (χ4n) is 1.17. The van der Waals surface area contributed by atoms with Gasteiger partial charge in [-0.25, -0.2) is 4.68 Å². The zero-order valence-electron chi connectivity index (χ0n) is 8.29. The molecule has 0 bridgehead atoms. The van der Waals surface area contributed by atoms with Gasteiger partial charge in [-0.1, -0.05) is 23.9 Å². The first-order chi connectivity index (χ1) is 7.25. The van der Waals surface area contributed by atoms with Gasteiger partial charge in [-0.05, 0) is 28.1 Å². The molecule has 0 unspecified atom stereocenters. The van der Waals surface area contributed by atoms with Gasteiger partial charge < -0.3 is 5.73 Å². The Balaban J connectivity index is 2.02. The number of hydrogen-bond acceptors (Lipinski definition) is 5. The zero-order chi connectivity index (χ0) is 10.7. The molecule has 6 heteroatoms. The Morgan fingerprint density at radius 1 is 1.47 bits per heavy atom. The van der Waals surface area contributed by atoms with Crippen molar-refractivity contribution in [3.8, 4) is 0 Å². The first-order valence-corrected chi connectivity index (χ1v) is 5.44. The lowest BCUT2D eigenvalue weighted by Gasteiger charge is -2.01. The molecule has 0 aliphatic carbocycles. The molecule has 15 heavy (non-hydrogen) atoms. The maximum Gasteiger partial charge on any atom is 0.209 e. The molecule has 2 N–H and O–H groups in total. The molecule has 0 amide bonds. The highest BCUT2D eigenvalue weighted by Gasteiger charge is 2.03. The topological polar surface area (TPSA) is 69.6 Å². The molecule has 5 nitrogen and oxygen atoms in total. The number of tetrazole rings is 1. The summed E-state index contributed by atoms with van der Waals surface area (Å²) in [6.07, 6.45) is 0. The van der Waals surface area contributed by atoms with Gasteiger partial charge in [0, 0.05) is 18.5 Å². The van der Waals surface area contributed by atoms with Crippen molar-refractivity contribution in [1.29, 1.82) is 0 Å². The fraction of sp³-hybridized carbons (Fsp3) is 0.222. The molecule has 1 heterocycles. The maximum atomic E-state index is 5.68. The van der Waals surface area contributed by atoms with Crippen LogP contribution in [0.3, 0.4) is 0 Å². The van der Waals surface area contributed by atoms with Crippen LogP contribution in [0.5, 0.6) is 0 Å². The highest BCUT2D eigenvalue weighted by Crippen LogP contribution is 2.20. The van der Waals surface area contributed by atoms with Crippen LogP contribution in [0, 0.1) is 0 Å². The maximum absolute atomic E-state index is 5.68. The summed E-state index contributed by atoms with van der Waals surface area (Å²) in [7, 11) is 1.82. The summed E-state index contributed by atoms with van der Waals surface area (Å²) in [5.74, 6) is 0.819. The minimum atomic E-state index is 0.782.